The molecule has 194 valence electrons. The van der Waals surface area contributed by atoms with Gasteiger partial charge in [0, 0.05) is 22.8 Å². The van der Waals surface area contributed by atoms with E-state index in [0.29, 0.717) is 0 Å². The first-order valence-electron chi connectivity index (χ1n) is 13.9. The second kappa shape index (κ2) is 9.61. The highest BCUT2D eigenvalue weighted by Crippen LogP contribution is 2.33. The lowest BCUT2D eigenvalue weighted by Gasteiger charge is -2.18. The zero-order valence-electron chi connectivity index (χ0n) is 22.3. The van der Waals surface area contributed by atoms with Crippen molar-refractivity contribution in [3.05, 3.63) is 152 Å². The van der Waals surface area contributed by atoms with Crippen molar-refractivity contribution in [2.75, 3.05) is 0 Å². The molecule has 0 fully saturated rings. The summed E-state index contributed by atoms with van der Waals surface area (Å²) >= 11 is 0. The van der Waals surface area contributed by atoms with Gasteiger partial charge >= 0.3 is 0 Å². The lowest BCUT2D eigenvalue weighted by molar-refractivity contribution is 0.722. The molecule has 1 atom stereocenters. The maximum Gasteiger partial charge on any atom is 0.0963 e. The molecule has 4 aromatic carbocycles. The van der Waals surface area contributed by atoms with E-state index >= 15 is 0 Å². The quantitative estimate of drug-likeness (QED) is 0.249. The number of dihydropyridines is 1. The largest absolute Gasteiger partial charge is 0.379 e. The summed E-state index contributed by atoms with van der Waals surface area (Å²) in [5, 5.41) is 7.04. The van der Waals surface area contributed by atoms with Crippen molar-refractivity contribution in [3.63, 3.8) is 0 Å². The molecule has 0 amide bonds. The first-order valence-corrected chi connectivity index (χ1v) is 13.9. The molecule has 41 heavy (non-hydrogen) atoms. The summed E-state index contributed by atoms with van der Waals surface area (Å²) in [4.78, 5) is 9.82. The minimum Gasteiger partial charge on any atom is -0.379 e. The second-order valence-electron chi connectivity index (χ2n) is 10.4. The van der Waals surface area contributed by atoms with E-state index in [2.05, 4.69) is 136 Å². The van der Waals surface area contributed by atoms with Gasteiger partial charge in [0.2, 0.25) is 0 Å². The molecular formula is C37H26N4. The molecule has 0 saturated carbocycles. The fraction of sp³-hybridized carbons (Fsp3) is 0.0270. The lowest BCUT2D eigenvalue weighted by atomic mass is 9.98. The fourth-order valence-corrected chi connectivity index (χ4v) is 5.87. The number of fused-ring (bicyclic) bond motifs is 4. The van der Waals surface area contributed by atoms with E-state index in [1.165, 1.54) is 10.8 Å². The number of aromatic nitrogens is 3. The Balaban J connectivity index is 1.25. The van der Waals surface area contributed by atoms with Crippen molar-refractivity contribution >= 4 is 32.7 Å². The maximum atomic E-state index is 5.13. The van der Waals surface area contributed by atoms with Crippen molar-refractivity contribution < 1.29 is 0 Å². The van der Waals surface area contributed by atoms with Gasteiger partial charge in [-0.25, -0.2) is 0 Å². The molecule has 1 unspecified atom stereocenters. The standard InChI is InChI=1S/C37H26N4/c1-2-9-27-22-28(15-14-25(27)8-1)33-23-29(24-34(40-33)32-11-5-6-20-38-32)26-16-18-30(19-17-26)41-35-12-4-3-10-31(35)37-36(41)13-7-21-39-37/h1-24,32,38H. The van der Waals surface area contributed by atoms with E-state index < -0.39 is 0 Å². The van der Waals surface area contributed by atoms with Crippen molar-refractivity contribution in [3.8, 4) is 28.1 Å². The van der Waals surface area contributed by atoms with E-state index in [0.717, 1.165) is 55.7 Å². The topological polar surface area (TPSA) is 42.7 Å². The van der Waals surface area contributed by atoms with Gasteiger partial charge in [-0.3, -0.25) is 9.97 Å². The number of pyridine rings is 2. The Morgan fingerprint density at radius 2 is 1.44 bits per heavy atom. The Morgan fingerprint density at radius 3 is 2.32 bits per heavy atom. The van der Waals surface area contributed by atoms with Crippen LogP contribution in [0.4, 0.5) is 0 Å². The van der Waals surface area contributed by atoms with Crippen molar-refractivity contribution in [1.29, 1.82) is 0 Å². The van der Waals surface area contributed by atoms with Crippen LogP contribution in [0.3, 0.4) is 0 Å². The van der Waals surface area contributed by atoms with Crippen LogP contribution in [0, 0.1) is 0 Å². The first kappa shape index (κ1) is 23.4. The molecule has 0 spiro atoms. The minimum absolute atomic E-state index is 0.0172. The number of rotatable bonds is 4. The maximum absolute atomic E-state index is 5.13. The molecule has 0 aliphatic carbocycles. The molecule has 1 aliphatic heterocycles. The predicted molar refractivity (Wildman–Crippen MR) is 169 cm³/mol. The van der Waals surface area contributed by atoms with Gasteiger partial charge in [-0.05, 0) is 82.7 Å². The van der Waals surface area contributed by atoms with Gasteiger partial charge in [-0.15, -0.1) is 0 Å². The molecule has 4 heteroatoms. The van der Waals surface area contributed by atoms with E-state index in [4.69, 9.17) is 4.98 Å². The summed E-state index contributed by atoms with van der Waals surface area (Å²) < 4.78 is 2.29. The summed E-state index contributed by atoms with van der Waals surface area (Å²) in [6.45, 7) is 0. The van der Waals surface area contributed by atoms with Crippen molar-refractivity contribution in [2.24, 2.45) is 0 Å². The zero-order chi connectivity index (χ0) is 27.2. The van der Waals surface area contributed by atoms with Gasteiger partial charge in [0.05, 0.1) is 34.0 Å². The van der Waals surface area contributed by atoms with Gasteiger partial charge in [0.25, 0.3) is 0 Å². The van der Waals surface area contributed by atoms with Gasteiger partial charge < -0.3 is 9.88 Å². The number of hydrogen-bond acceptors (Lipinski definition) is 3. The van der Waals surface area contributed by atoms with Crippen LogP contribution in [0.25, 0.3) is 60.8 Å². The number of allylic oxidation sites excluding steroid dienone is 2. The van der Waals surface area contributed by atoms with Crippen LogP contribution < -0.4 is 5.32 Å². The van der Waals surface area contributed by atoms with Crippen LogP contribution in [0.1, 0.15) is 11.7 Å². The molecule has 8 rings (SSSR count). The average molecular weight is 527 g/mol. The summed E-state index contributed by atoms with van der Waals surface area (Å²) in [5.41, 5.74) is 9.74. The second-order valence-corrected chi connectivity index (χ2v) is 10.4. The molecule has 7 aromatic rings. The van der Waals surface area contributed by atoms with Gasteiger partial charge in [-0.1, -0.05) is 78.9 Å². The summed E-state index contributed by atoms with van der Waals surface area (Å²) in [6.07, 6.45) is 10.1. The summed E-state index contributed by atoms with van der Waals surface area (Å²) in [6, 6.07) is 40.9. The predicted octanol–water partition coefficient (Wildman–Crippen LogP) is 8.78. The van der Waals surface area contributed by atoms with Crippen molar-refractivity contribution in [1.82, 2.24) is 19.9 Å². The number of para-hydroxylation sites is 1. The molecule has 1 aliphatic rings. The fourth-order valence-electron chi connectivity index (χ4n) is 5.87. The Hall–Kier alpha value is -5.48. The molecule has 1 N–H and O–H groups in total. The highest BCUT2D eigenvalue weighted by Gasteiger charge is 2.16. The smallest absolute Gasteiger partial charge is 0.0963 e. The van der Waals surface area contributed by atoms with E-state index in [-0.39, 0.29) is 6.04 Å². The van der Waals surface area contributed by atoms with E-state index in [9.17, 15) is 0 Å². The molecule has 0 saturated heterocycles. The minimum atomic E-state index is 0.0172. The third-order valence-electron chi connectivity index (χ3n) is 7.88. The van der Waals surface area contributed by atoms with Crippen LogP contribution in [0.5, 0.6) is 0 Å². The Morgan fingerprint density at radius 1 is 0.634 bits per heavy atom. The molecule has 3 aromatic heterocycles. The number of nitrogens with zero attached hydrogens (tertiary/aromatic N) is 3. The summed E-state index contributed by atoms with van der Waals surface area (Å²) in [5.74, 6) is 0. The van der Waals surface area contributed by atoms with Crippen LogP contribution in [-0.2, 0) is 0 Å². The third kappa shape index (κ3) is 4.09. The highest BCUT2D eigenvalue weighted by atomic mass is 15.0. The molecule has 0 radical (unpaired) electrons. The average Bonchev–Trinajstić information content (AvgIpc) is 3.39. The first-order chi connectivity index (χ1) is 20.3. The van der Waals surface area contributed by atoms with Gasteiger partial charge in [-0.2, -0.15) is 0 Å². The van der Waals surface area contributed by atoms with Gasteiger partial charge in [0.15, 0.2) is 0 Å². The molecule has 4 nitrogen and oxygen atoms in total. The Labute approximate surface area is 237 Å². The van der Waals surface area contributed by atoms with E-state index in [1.54, 1.807) is 0 Å². The lowest BCUT2D eigenvalue weighted by Crippen LogP contribution is -2.16. The number of nitrogens with one attached hydrogen (secondary N) is 1. The van der Waals surface area contributed by atoms with E-state index in [1.807, 2.05) is 24.5 Å². The highest BCUT2D eigenvalue weighted by molar-refractivity contribution is 6.06. The number of benzene rings is 4. The molecule has 4 heterocycles. The molecular weight excluding hydrogens is 500 g/mol. The van der Waals surface area contributed by atoms with Crippen LogP contribution in [0.2, 0.25) is 0 Å². The Kier molecular flexibility index (Phi) is 5.49. The SMILES string of the molecule is C1=CNC(c2cc(-c3ccc(-n4c5ccccc5c5ncccc54)cc3)cc(-c3ccc4ccccc4c3)n2)C=C1. The third-order valence-corrected chi connectivity index (χ3v) is 7.88. The summed E-state index contributed by atoms with van der Waals surface area (Å²) in [7, 11) is 0. The normalized spacial score (nSPS) is 14.6. The van der Waals surface area contributed by atoms with Gasteiger partial charge in [0.1, 0.15) is 0 Å². The van der Waals surface area contributed by atoms with Crippen LogP contribution in [-0.4, -0.2) is 14.5 Å². The molecule has 0 bridgehead atoms. The zero-order valence-corrected chi connectivity index (χ0v) is 22.3. The Bertz CT molecular complexity index is 2080. The monoisotopic (exact) mass is 526 g/mol. The van der Waals surface area contributed by atoms with Crippen LogP contribution in [0.15, 0.2) is 146 Å². The van der Waals surface area contributed by atoms with Crippen LogP contribution >= 0.6 is 0 Å². The number of hydrogen-bond donors (Lipinski definition) is 1. The van der Waals surface area contributed by atoms with Crippen molar-refractivity contribution in [2.45, 2.75) is 6.04 Å².